The molecule has 19 heavy (non-hydrogen) atoms. The molecule has 0 spiro atoms. The Balaban J connectivity index is 0.000000362. The number of primary amides is 1. The van der Waals surface area contributed by atoms with E-state index in [-0.39, 0.29) is 0 Å². The van der Waals surface area contributed by atoms with Crippen LogP contribution in [0.25, 0.3) is 0 Å². The van der Waals surface area contributed by atoms with Gasteiger partial charge in [0.2, 0.25) is 6.08 Å². The largest absolute Gasteiger partial charge is 0.444 e. The van der Waals surface area contributed by atoms with Gasteiger partial charge in [0.1, 0.15) is 5.60 Å². The number of nitrogen functional groups attached to an aromatic ring is 1. The van der Waals surface area contributed by atoms with E-state index in [1.165, 1.54) is 6.08 Å². The third-order valence-corrected chi connectivity index (χ3v) is 1.71. The van der Waals surface area contributed by atoms with Crippen LogP contribution in [0, 0.1) is 0 Å². The molecule has 6 nitrogen and oxygen atoms in total. The molecular formula is C13H19N3O3. The van der Waals surface area contributed by atoms with Gasteiger partial charge in [-0.15, -0.1) is 0 Å². The minimum absolute atomic E-state index is 0.379. The van der Waals surface area contributed by atoms with Crippen LogP contribution in [0.5, 0.6) is 0 Å². The van der Waals surface area contributed by atoms with E-state index < -0.39 is 11.7 Å². The standard InChI is InChI=1S/C8H8N2O.C5H11NO2/c9-8-3-1-7(2-4-8)5-10-6-11;1-5(2,3)8-4(6)7/h1-4H,5,9H2;1-3H3,(H2,6,7). The maximum absolute atomic E-state index is 10.0. The summed E-state index contributed by atoms with van der Waals surface area (Å²) < 4.78 is 4.58. The monoisotopic (exact) mass is 265 g/mol. The summed E-state index contributed by atoms with van der Waals surface area (Å²) in [4.78, 5) is 23.2. The lowest BCUT2D eigenvalue weighted by Gasteiger charge is -2.16. The molecule has 6 heteroatoms. The summed E-state index contributed by atoms with van der Waals surface area (Å²) >= 11 is 0. The molecule has 1 rings (SSSR count). The van der Waals surface area contributed by atoms with Gasteiger partial charge >= 0.3 is 6.09 Å². The van der Waals surface area contributed by atoms with Crippen LogP contribution in [0.15, 0.2) is 29.3 Å². The number of hydrogen-bond acceptors (Lipinski definition) is 5. The van der Waals surface area contributed by atoms with Crippen molar-refractivity contribution in [1.82, 2.24) is 0 Å². The van der Waals surface area contributed by atoms with Crippen molar-refractivity contribution < 1.29 is 14.3 Å². The second-order valence-corrected chi connectivity index (χ2v) is 4.68. The van der Waals surface area contributed by atoms with Gasteiger partial charge in [-0.05, 0) is 38.5 Å². The van der Waals surface area contributed by atoms with Gasteiger partial charge in [-0.25, -0.2) is 14.6 Å². The lowest BCUT2D eigenvalue weighted by molar-refractivity contribution is 0.0600. The van der Waals surface area contributed by atoms with E-state index in [0.717, 1.165) is 5.56 Å². The van der Waals surface area contributed by atoms with Crippen LogP contribution in [0.3, 0.4) is 0 Å². The van der Waals surface area contributed by atoms with Crippen LogP contribution < -0.4 is 11.5 Å². The molecule has 104 valence electrons. The summed E-state index contributed by atoms with van der Waals surface area (Å²) in [5, 5.41) is 0. The van der Waals surface area contributed by atoms with Crippen molar-refractivity contribution in [2.75, 3.05) is 5.73 Å². The van der Waals surface area contributed by atoms with Crippen LogP contribution in [0.2, 0.25) is 0 Å². The number of anilines is 1. The quantitative estimate of drug-likeness (QED) is 0.484. The van der Waals surface area contributed by atoms with Gasteiger partial charge in [0.25, 0.3) is 0 Å². The van der Waals surface area contributed by atoms with Gasteiger partial charge in [0, 0.05) is 5.69 Å². The average Bonchev–Trinajstić information content (AvgIpc) is 2.26. The molecule has 1 amide bonds. The second kappa shape index (κ2) is 7.89. The molecule has 0 aliphatic carbocycles. The zero-order valence-electron chi connectivity index (χ0n) is 11.3. The van der Waals surface area contributed by atoms with E-state index in [1.54, 1.807) is 32.9 Å². The number of nitrogens with two attached hydrogens (primary N) is 2. The van der Waals surface area contributed by atoms with Crippen LogP contribution in [-0.2, 0) is 16.1 Å². The van der Waals surface area contributed by atoms with Gasteiger partial charge in [0.05, 0.1) is 6.54 Å². The first-order valence-electron chi connectivity index (χ1n) is 5.61. The lowest BCUT2D eigenvalue weighted by Crippen LogP contribution is -2.27. The van der Waals surface area contributed by atoms with Crippen LogP contribution in [-0.4, -0.2) is 17.8 Å². The number of ether oxygens (including phenoxy) is 1. The molecule has 1 aromatic carbocycles. The average molecular weight is 265 g/mol. The topological polar surface area (TPSA) is 108 Å². The van der Waals surface area contributed by atoms with Crippen molar-refractivity contribution in [3.63, 3.8) is 0 Å². The summed E-state index contributed by atoms with van der Waals surface area (Å²) in [5.41, 5.74) is 11.4. The molecule has 0 heterocycles. The first kappa shape index (κ1) is 16.7. The Kier molecular flexibility index (Phi) is 6.93. The van der Waals surface area contributed by atoms with Crippen molar-refractivity contribution in [2.45, 2.75) is 32.9 Å². The number of carbonyl (C=O) groups excluding carboxylic acids is 2. The molecule has 0 bridgehead atoms. The highest BCUT2D eigenvalue weighted by molar-refractivity contribution is 5.65. The molecule has 0 fully saturated rings. The molecule has 1 aromatic rings. The zero-order valence-corrected chi connectivity index (χ0v) is 11.3. The number of amides is 1. The van der Waals surface area contributed by atoms with Crippen LogP contribution in [0.4, 0.5) is 10.5 Å². The van der Waals surface area contributed by atoms with Crippen molar-refractivity contribution in [2.24, 2.45) is 10.7 Å². The predicted molar refractivity (Wildman–Crippen MR) is 73.1 cm³/mol. The third kappa shape index (κ3) is 10.5. The number of carbonyl (C=O) groups is 1. The number of nitrogens with zero attached hydrogens (tertiary/aromatic N) is 1. The SMILES string of the molecule is CC(C)(C)OC(N)=O.Nc1ccc(CN=C=O)cc1. The van der Waals surface area contributed by atoms with Gasteiger partial charge in [-0.2, -0.15) is 0 Å². The smallest absolute Gasteiger partial charge is 0.405 e. The van der Waals surface area contributed by atoms with Gasteiger partial charge in [-0.1, -0.05) is 12.1 Å². The molecule has 0 aliphatic rings. The summed E-state index contributed by atoms with van der Waals surface area (Å²) in [5.74, 6) is 0. The van der Waals surface area contributed by atoms with Gasteiger partial charge in [0.15, 0.2) is 0 Å². The molecule has 0 aliphatic heterocycles. The van der Waals surface area contributed by atoms with Crippen LogP contribution in [0.1, 0.15) is 26.3 Å². The highest BCUT2D eigenvalue weighted by Gasteiger charge is 2.12. The van der Waals surface area contributed by atoms with Crippen molar-refractivity contribution in [3.8, 4) is 0 Å². The maximum Gasteiger partial charge on any atom is 0.405 e. The van der Waals surface area contributed by atoms with Crippen molar-refractivity contribution in [3.05, 3.63) is 29.8 Å². The number of hydrogen-bond donors (Lipinski definition) is 2. The molecule has 0 aromatic heterocycles. The Bertz CT molecular complexity index is 443. The summed E-state index contributed by atoms with van der Waals surface area (Å²) in [6.07, 6.45) is 0.750. The maximum atomic E-state index is 10.0. The molecule has 0 saturated heterocycles. The van der Waals surface area contributed by atoms with Crippen LogP contribution >= 0.6 is 0 Å². The minimum atomic E-state index is -0.725. The lowest BCUT2D eigenvalue weighted by atomic mass is 10.2. The van der Waals surface area contributed by atoms with Gasteiger partial charge in [-0.3, -0.25) is 0 Å². The fraction of sp³-hybridized carbons (Fsp3) is 0.385. The van der Waals surface area contributed by atoms with E-state index in [2.05, 4.69) is 9.73 Å². The molecule has 4 N–H and O–H groups in total. The molecule has 0 saturated carbocycles. The van der Waals surface area contributed by atoms with Crippen molar-refractivity contribution in [1.29, 1.82) is 0 Å². The fourth-order valence-electron chi connectivity index (χ4n) is 1.05. The first-order valence-corrected chi connectivity index (χ1v) is 5.61. The number of aliphatic imine (C=N–C) groups is 1. The fourth-order valence-corrected chi connectivity index (χ4v) is 1.05. The zero-order chi connectivity index (χ0) is 14.9. The normalized spacial score (nSPS) is 9.63. The summed E-state index contributed by atoms with van der Waals surface area (Å²) in [6, 6.07) is 7.21. The third-order valence-electron chi connectivity index (χ3n) is 1.71. The molecule has 0 radical (unpaired) electrons. The number of isocyanates is 1. The van der Waals surface area contributed by atoms with E-state index in [4.69, 9.17) is 11.5 Å². The Morgan fingerprint density at radius 1 is 1.32 bits per heavy atom. The Hall–Kier alpha value is -2.33. The summed E-state index contributed by atoms with van der Waals surface area (Å²) in [7, 11) is 0. The van der Waals surface area contributed by atoms with E-state index in [0.29, 0.717) is 12.2 Å². The van der Waals surface area contributed by atoms with E-state index in [1.807, 2.05) is 12.1 Å². The molecular weight excluding hydrogens is 246 g/mol. The highest BCUT2D eigenvalue weighted by atomic mass is 16.6. The number of benzene rings is 1. The Labute approximate surface area is 112 Å². The first-order chi connectivity index (χ1) is 8.74. The summed E-state index contributed by atoms with van der Waals surface area (Å²) in [6.45, 7) is 5.66. The minimum Gasteiger partial charge on any atom is -0.444 e. The van der Waals surface area contributed by atoms with Crippen molar-refractivity contribution >= 4 is 17.9 Å². The Morgan fingerprint density at radius 3 is 2.16 bits per heavy atom. The van der Waals surface area contributed by atoms with E-state index >= 15 is 0 Å². The number of rotatable bonds is 2. The van der Waals surface area contributed by atoms with Gasteiger partial charge < -0.3 is 16.2 Å². The van der Waals surface area contributed by atoms with E-state index in [9.17, 15) is 9.59 Å². The molecule has 0 unspecified atom stereocenters. The Morgan fingerprint density at radius 2 is 1.84 bits per heavy atom. The molecule has 0 atom stereocenters. The second-order valence-electron chi connectivity index (χ2n) is 4.68. The highest BCUT2D eigenvalue weighted by Crippen LogP contribution is 2.06. The predicted octanol–water partition coefficient (Wildman–Crippen LogP) is 1.98.